The molecule has 1 fully saturated rings. The summed E-state index contributed by atoms with van der Waals surface area (Å²) in [5.74, 6) is 1.06. The van der Waals surface area contributed by atoms with Crippen molar-refractivity contribution in [3.63, 3.8) is 0 Å². The Bertz CT molecular complexity index is 409. The van der Waals surface area contributed by atoms with Crippen LogP contribution >= 0.6 is 11.8 Å². The molecule has 4 heteroatoms. The van der Waals surface area contributed by atoms with Gasteiger partial charge in [0.2, 0.25) is 0 Å². The lowest BCUT2D eigenvalue weighted by molar-refractivity contribution is 0.202. The van der Waals surface area contributed by atoms with Crippen molar-refractivity contribution in [3.8, 4) is 0 Å². The van der Waals surface area contributed by atoms with E-state index in [9.17, 15) is 4.39 Å². The Hall–Kier alpha value is -0.580. The first-order valence-electron chi connectivity index (χ1n) is 7.40. The number of nitrogens with one attached hydrogen (secondary N) is 1. The smallest absolute Gasteiger partial charge is 0.123 e. The summed E-state index contributed by atoms with van der Waals surface area (Å²) in [6, 6.07) is 7.79. The molecule has 1 N–H and O–H groups in total. The molecule has 0 aromatic heterocycles. The Labute approximate surface area is 126 Å². The Kier molecular flexibility index (Phi) is 5.87. The van der Waals surface area contributed by atoms with Crippen molar-refractivity contribution in [2.75, 3.05) is 25.9 Å². The van der Waals surface area contributed by atoms with Crippen molar-refractivity contribution in [2.24, 2.45) is 0 Å². The first kappa shape index (κ1) is 15.8. The molecular formula is C16H25FN2S. The number of thioether (sulfide) groups is 1. The zero-order valence-corrected chi connectivity index (χ0v) is 13.4. The summed E-state index contributed by atoms with van der Waals surface area (Å²) in [6.45, 7) is 6.91. The van der Waals surface area contributed by atoms with Crippen LogP contribution in [0.4, 0.5) is 4.39 Å². The minimum Gasteiger partial charge on any atom is -0.313 e. The normalized spacial score (nSPS) is 25.6. The third-order valence-electron chi connectivity index (χ3n) is 4.34. The number of nitrogens with zero attached hydrogens (tertiary/aromatic N) is 1. The van der Waals surface area contributed by atoms with Gasteiger partial charge in [0.25, 0.3) is 0 Å². The van der Waals surface area contributed by atoms with Gasteiger partial charge in [0.1, 0.15) is 5.82 Å². The van der Waals surface area contributed by atoms with E-state index in [2.05, 4.69) is 35.8 Å². The number of halogens is 1. The number of hydrogen-bond acceptors (Lipinski definition) is 3. The zero-order chi connectivity index (χ0) is 14.5. The summed E-state index contributed by atoms with van der Waals surface area (Å²) >= 11 is 2.07. The molecule has 2 rings (SSSR count). The number of benzene rings is 1. The van der Waals surface area contributed by atoms with Gasteiger partial charge in [-0.3, -0.25) is 4.90 Å². The van der Waals surface area contributed by atoms with E-state index in [-0.39, 0.29) is 5.82 Å². The molecule has 0 spiro atoms. The molecule has 2 nitrogen and oxygen atoms in total. The Morgan fingerprint density at radius 2 is 2.05 bits per heavy atom. The highest BCUT2D eigenvalue weighted by Gasteiger charge is 2.25. The van der Waals surface area contributed by atoms with E-state index in [0.29, 0.717) is 17.3 Å². The van der Waals surface area contributed by atoms with E-state index in [4.69, 9.17) is 0 Å². The number of rotatable bonds is 5. The molecule has 1 aliphatic rings. The van der Waals surface area contributed by atoms with Crippen molar-refractivity contribution < 1.29 is 4.39 Å². The second kappa shape index (κ2) is 7.43. The SMILES string of the molecule is CNC(CCN1CCSC(C)C1C)c1ccc(F)cc1. The first-order chi connectivity index (χ1) is 9.61. The maximum Gasteiger partial charge on any atom is 0.123 e. The molecule has 1 aromatic carbocycles. The minimum absolute atomic E-state index is 0.167. The topological polar surface area (TPSA) is 15.3 Å². The molecular weight excluding hydrogens is 271 g/mol. The summed E-state index contributed by atoms with van der Waals surface area (Å²) in [4.78, 5) is 2.58. The third-order valence-corrected chi connectivity index (χ3v) is 5.68. The van der Waals surface area contributed by atoms with Crippen LogP contribution in [0, 0.1) is 5.82 Å². The molecule has 0 amide bonds. The standard InChI is InChI=1S/C16H25FN2S/c1-12-13(2)20-11-10-19(12)9-8-16(18-3)14-4-6-15(17)7-5-14/h4-7,12-13,16,18H,8-11H2,1-3H3. The lowest BCUT2D eigenvalue weighted by Crippen LogP contribution is -2.45. The summed E-state index contributed by atoms with van der Waals surface area (Å²) in [7, 11) is 1.98. The lowest BCUT2D eigenvalue weighted by Gasteiger charge is -2.38. The highest BCUT2D eigenvalue weighted by Crippen LogP contribution is 2.25. The van der Waals surface area contributed by atoms with Crippen LogP contribution < -0.4 is 5.32 Å². The summed E-state index contributed by atoms with van der Waals surface area (Å²) in [6.07, 6.45) is 1.06. The Morgan fingerprint density at radius 3 is 2.70 bits per heavy atom. The molecule has 0 saturated carbocycles. The van der Waals surface area contributed by atoms with Crippen LogP contribution in [0.1, 0.15) is 31.9 Å². The maximum atomic E-state index is 13.0. The predicted octanol–water partition coefficient (Wildman–Crippen LogP) is 3.30. The van der Waals surface area contributed by atoms with Gasteiger partial charge in [-0.2, -0.15) is 11.8 Å². The van der Waals surface area contributed by atoms with E-state index in [0.717, 1.165) is 13.0 Å². The van der Waals surface area contributed by atoms with Gasteiger partial charge in [-0.05, 0) is 38.1 Å². The van der Waals surface area contributed by atoms with Gasteiger partial charge in [-0.1, -0.05) is 19.1 Å². The Balaban J connectivity index is 1.92. The largest absolute Gasteiger partial charge is 0.313 e. The monoisotopic (exact) mass is 296 g/mol. The van der Waals surface area contributed by atoms with Crippen LogP contribution in [0.5, 0.6) is 0 Å². The van der Waals surface area contributed by atoms with Gasteiger partial charge in [0.05, 0.1) is 0 Å². The van der Waals surface area contributed by atoms with Crippen LogP contribution in [-0.2, 0) is 0 Å². The van der Waals surface area contributed by atoms with Gasteiger partial charge in [-0.25, -0.2) is 4.39 Å². The maximum absolute atomic E-state index is 13.0. The number of hydrogen-bond donors (Lipinski definition) is 1. The summed E-state index contributed by atoms with van der Waals surface area (Å²) < 4.78 is 13.0. The van der Waals surface area contributed by atoms with Gasteiger partial charge < -0.3 is 5.32 Å². The van der Waals surface area contributed by atoms with Crippen LogP contribution in [0.2, 0.25) is 0 Å². The highest BCUT2D eigenvalue weighted by atomic mass is 32.2. The molecule has 0 radical (unpaired) electrons. The fraction of sp³-hybridized carbons (Fsp3) is 0.625. The molecule has 3 unspecified atom stereocenters. The molecule has 1 heterocycles. The minimum atomic E-state index is -0.167. The van der Waals surface area contributed by atoms with Gasteiger partial charge in [0, 0.05) is 36.2 Å². The average Bonchev–Trinajstić information content (AvgIpc) is 2.45. The molecule has 0 bridgehead atoms. The fourth-order valence-electron chi connectivity index (χ4n) is 2.78. The molecule has 112 valence electrons. The Morgan fingerprint density at radius 1 is 1.35 bits per heavy atom. The first-order valence-corrected chi connectivity index (χ1v) is 8.45. The van der Waals surface area contributed by atoms with Gasteiger partial charge in [-0.15, -0.1) is 0 Å². The molecule has 1 aliphatic heterocycles. The van der Waals surface area contributed by atoms with Gasteiger partial charge >= 0.3 is 0 Å². The van der Waals surface area contributed by atoms with Crippen LogP contribution in [0.3, 0.4) is 0 Å². The quantitative estimate of drug-likeness (QED) is 0.897. The molecule has 3 atom stereocenters. The summed E-state index contributed by atoms with van der Waals surface area (Å²) in [5, 5.41) is 4.06. The van der Waals surface area contributed by atoms with E-state index in [1.807, 2.05) is 19.2 Å². The van der Waals surface area contributed by atoms with Crippen LogP contribution in [-0.4, -0.2) is 42.1 Å². The second-order valence-electron chi connectivity index (χ2n) is 5.53. The fourth-order valence-corrected chi connectivity index (χ4v) is 3.94. The third kappa shape index (κ3) is 3.96. The van der Waals surface area contributed by atoms with E-state index >= 15 is 0 Å². The van der Waals surface area contributed by atoms with E-state index in [1.165, 1.54) is 17.9 Å². The van der Waals surface area contributed by atoms with Gasteiger partial charge in [0.15, 0.2) is 0 Å². The average molecular weight is 296 g/mol. The van der Waals surface area contributed by atoms with Crippen molar-refractivity contribution in [1.29, 1.82) is 0 Å². The van der Waals surface area contributed by atoms with Crippen molar-refractivity contribution >= 4 is 11.8 Å². The molecule has 20 heavy (non-hydrogen) atoms. The molecule has 1 aromatic rings. The lowest BCUT2D eigenvalue weighted by atomic mass is 10.0. The van der Waals surface area contributed by atoms with Crippen molar-refractivity contribution in [1.82, 2.24) is 10.2 Å². The second-order valence-corrected chi connectivity index (χ2v) is 7.02. The van der Waals surface area contributed by atoms with Crippen LogP contribution in [0.25, 0.3) is 0 Å². The zero-order valence-electron chi connectivity index (χ0n) is 12.6. The van der Waals surface area contributed by atoms with E-state index in [1.54, 1.807) is 12.1 Å². The molecule has 0 aliphatic carbocycles. The van der Waals surface area contributed by atoms with Crippen LogP contribution in [0.15, 0.2) is 24.3 Å². The highest BCUT2D eigenvalue weighted by molar-refractivity contribution is 8.00. The summed E-state index contributed by atoms with van der Waals surface area (Å²) in [5.41, 5.74) is 1.17. The van der Waals surface area contributed by atoms with Crippen molar-refractivity contribution in [3.05, 3.63) is 35.6 Å². The van der Waals surface area contributed by atoms with E-state index < -0.39 is 0 Å². The molecule has 1 saturated heterocycles. The predicted molar refractivity (Wildman–Crippen MR) is 85.8 cm³/mol. The van der Waals surface area contributed by atoms with Crippen molar-refractivity contribution in [2.45, 2.75) is 37.6 Å².